The Morgan fingerprint density at radius 1 is 1.19 bits per heavy atom. The molecule has 1 aliphatic heterocycles. The third kappa shape index (κ3) is 7.01. The van der Waals surface area contributed by atoms with Crippen LogP contribution in [0.5, 0.6) is 5.75 Å². The number of methoxy groups -OCH3 is 1. The number of hydrogen-bond acceptors (Lipinski definition) is 6. The molecule has 0 spiro atoms. The van der Waals surface area contributed by atoms with Crippen LogP contribution < -0.4 is 10.1 Å². The van der Waals surface area contributed by atoms with Gasteiger partial charge < -0.3 is 19.1 Å². The van der Waals surface area contributed by atoms with E-state index in [9.17, 15) is 4.79 Å². The standard InChI is InChI=1S/C19H29N3O4/c1-3-25-14-15-26-19(20-10-13-22-11-4-5-12-22)21-18(23)16-6-8-17(24-2)9-7-16/h6-9H,3-5,10-15H2,1-2H3,(H,20,21,23). The minimum Gasteiger partial charge on any atom is -0.497 e. The topological polar surface area (TPSA) is 72.4 Å². The molecule has 0 aliphatic carbocycles. The van der Waals surface area contributed by atoms with Crippen molar-refractivity contribution < 1.29 is 19.0 Å². The Hall–Kier alpha value is -2.12. The van der Waals surface area contributed by atoms with Crippen molar-refractivity contribution in [1.29, 1.82) is 0 Å². The molecule has 1 N–H and O–H groups in total. The molecule has 1 heterocycles. The minimum atomic E-state index is -0.260. The Bertz CT molecular complexity index is 569. The summed E-state index contributed by atoms with van der Waals surface area (Å²) in [7, 11) is 1.59. The molecule has 1 aromatic rings. The second-order valence-corrected chi connectivity index (χ2v) is 5.96. The summed E-state index contributed by atoms with van der Waals surface area (Å²) in [6, 6.07) is 7.14. The van der Waals surface area contributed by atoms with E-state index < -0.39 is 0 Å². The number of aliphatic imine (C=N–C) groups is 1. The van der Waals surface area contributed by atoms with Gasteiger partial charge in [0.2, 0.25) is 0 Å². The summed E-state index contributed by atoms with van der Waals surface area (Å²) in [5.41, 5.74) is 0.520. The molecule has 0 radical (unpaired) electrons. The van der Waals surface area contributed by atoms with E-state index in [2.05, 4.69) is 15.2 Å². The lowest BCUT2D eigenvalue weighted by Crippen LogP contribution is -2.34. The maximum atomic E-state index is 12.4. The number of likely N-dealkylation sites (tertiary alicyclic amines) is 1. The Morgan fingerprint density at radius 2 is 1.92 bits per heavy atom. The van der Waals surface area contributed by atoms with Crippen LogP contribution >= 0.6 is 0 Å². The summed E-state index contributed by atoms with van der Waals surface area (Å²) in [6.45, 7) is 7.06. The van der Waals surface area contributed by atoms with Crippen LogP contribution in [0.25, 0.3) is 0 Å². The maximum Gasteiger partial charge on any atom is 0.291 e. The molecule has 7 nitrogen and oxygen atoms in total. The van der Waals surface area contributed by atoms with E-state index in [1.165, 1.54) is 12.8 Å². The van der Waals surface area contributed by atoms with Gasteiger partial charge in [0.1, 0.15) is 12.4 Å². The van der Waals surface area contributed by atoms with Crippen molar-refractivity contribution in [2.75, 3.05) is 53.1 Å². The van der Waals surface area contributed by atoms with Crippen LogP contribution in [0.3, 0.4) is 0 Å². The molecule has 1 amide bonds. The number of hydrogen-bond donors (Lipinski definition) is 1. The van der Waals surface area contributed by atoms with Gasteiger partial charge in [0.25, 0.3) is 11.9 Å². The number of amides is 1. The van der Waals surface area contributed by atoms with E-state index in [-0.39, 0.29) is 11.9 Å². The summed E-state index contributed by atoms with van der Waals surface area (Å²) in [5, 5.41) is 2.75. The van der Waals surface area contributed by atoms with Gasteiger partial charge in [0, 0.05) is 18.7 Å². The van der Waals surface area contributed by atoms with Crippen molar-refractivity contribution in [2.24, 2.45) is 4.99 Å². The SMILES string of the molecule is CCOCCOC(=NCCN1CCCC1)NC(=O)c1ccc(OC)cc1. The van der Waals surface area contributed by atoms with E-state index in [4.69, 9.17) is 14.2 Å². The van der Waals surface area contributed by atoms with Gasteiger partial charge in [-0.3, -0.25) is 10.1 Å². The smallest absolute Gasteiger partial charge is 0.291 e. The molecule has 0 aromatic heterocycles. The number of benzene rings is 1. The molecule has 2 rings (SSSR count). The number of nitrogens with zero attached hydrogens (tertiary/aromatic N) is 2. The summed E-state index contributed by atoms with van der Waals surface area (Å²) in [4.78, 5) is 19.2. The highest BCUT2D eigenvalue weighted by Crippen LogP contribution is 2.11. The van der Waals surface area contributed by atoms with Crippen LogP contribution in [0.2, 0.25) is 0 Å². The Morgan fingerprint density at radius 3 is 2.58 bits per heavy atom. The number of carbonyl (C=O) groups is 1. The summed E-state index contributed by atoms with van der Waals surface area (Å²) in [5.74, 6) is 0.443. The largest absolute Gasteiger partial charge is 0.497 e. The summed E-state index contributed by atoms with van der Waals surface area (Å²) in [6.07, 6.45) is 2.49. The number of ether oxygens (including phenoxy) is 3. The average molecular weight is 363 g/mol. The van der Waals surface area contributed by atoms with Crippen LogP contribution in [0.15, 0.2) is 29.3 Å². The van der Waals surface area contributed by atoms with Crippen molar-refractivity contribution in [3.8, 4) is 5.75 Å². The Balaban J connectivity index is 1.90. The average Bonchev–Trinajstić information content (AvgIpc) is 3.18. The quantitative estimate of drug-likeness (QED) is 0.412. The van der Waals surface area contributed by atoms with Crippen LogP contribution in [-0.2, 0) is 9.47 Å². The van der Waals surface area contributed by atoms with Crippen molar-refractivity contribution >= 4 is 11.9 Å². The lowest BCUT2D eigenvalue weighted by molar-refractivity contribution is 0.0922. The molecule has 7 heteroatoms. The zero-order chi connectivity index (χ0) is 18.6. The van der Waals surface area contributed by atoms with Gasteiger partial charge in [-0.05, 0) is 57.1 Å². The van der Waals surface area contributed by atoms with Crippen LogP contribution in [0, 0.1) is 0 Å². The van der Waals surface area contributed by atoms with Crippen molar-refractivity contribution in [3.05, 3.63) is 29.8 Å². The van der Waals surface area contributed by atoms with Crippen molar-refractivity contribution in [3.63, 3.8) is 0 Å². The molecular formula is C19H29N3O4. The van der Waals surface area contributed by atoms with E-state index in [1.807, 2.05) is 6.92 Å². The van der Waals surface area contributed by atoms with Crippen molar-refractivity contribution in [1.82, 2.24) is 10.2 Å². The normalized spacial score (nSPS) is 15.1. The van der Waals surface area contributed by atoms with Gasteiger partial charge in [-0.1, -0.05) is 0 Å². The zero-order valence-electron chi connectivity index (χ0n) is 15.7. The highest BCUT2D eigenvalue weighted by molar-refractivity contribution is 6.04. The molecule has 0 saturated carbocycles. The number of rotatable bonds is 9. The summed E-state index contributed by atoms with van der Waals surface area (Å²) < 4.78 is 16.0. The second kappa shape index (κ2) is 11.5. The highest BCUT2D eigenvalue weighted by Gasteiger charge is 2.12. The van der Waals surface area contributed by atoms with Crippen molar-refractivity contribution in [2.45, 2.75) is 19.8 Å². The first-order chi connectivity index (χ1) is 12.7. The number of carbonyl (C=O) groups excluding carboxylic acids is 1. The van der Waals surface area contributed by atoms with Crippen LogP contribution in [0.1, 0.15) is 30.1 Å². The van der Waals surface area contributed by atoms with E-state index in [0.29, 0.717) is 37.7 Å². The molecule has 1 saturated heterocycles. The fourth-order valence-electron chi connectivity index (χ4n) is 2.67. The lowest BCUT2D eigenvalue weighted by Gasteiger charge is -2.14. The predicted octanol–water partition coefficient (Wildman–Crippen LogP) is 1.93. The van der Waals surface area contributed by atoms with Gasteiger partial charge in [-0.25, -0.2) is 4.99 Å². The molecule has 0 atom stereocenters. The van der Waals surface area contributed by atoms with Gasteiger partial charge in [0.05, 0.1) is 20.3 Å². The maximum absolute atomic E-state index is 12.4. The number of nitrogens with one attached hydrogen (secondary N) is 1. The molecule has 0 unspecified atom stereocenters. The molecule has 144 valence electrons. The fraction of sp³-hybridized carbons (Fsp3) is 0.579. The molecule has 26 heavy (non-hydrogen) atoms. The third-order valence-corrected chi connectivity index (χ3v) is 4.11. The van der Waals surface area contributed by atoms with E-state index >= 15 is 0 Å². The first kappa shape index (κ1) is 20.2. The van der Waals surface area contributed by atoms with Gasteiger partial charge in [0.15, 0.2) is 0 Å². The first-order valence-electron chi connectivity index (χ1n) is 9.15. The lowest BCUT2D eigenvalue weighted by atomic mass is 10.2. The molecule has 1 aliphatic rings. The molecule has 1 aromatic carbocycles. The predicted molar refractivity (Wildman–Crippen MR) is 101 cm³/mol. The monoisotopic (exact) mass is 363 g/mol. The molecular weight excluding hydrogens is 334 g/mol. The summed E-state index contributed by atoms with van der Waals surface area (Å²) >= 11 is 0. The van der Waals surface area contributed by atoms with E-state index in [0.717, 1.165) is 19.6 Å². The number of amidine groups is 1. The zero-order valence-corrected chi connectivity index (χ0v) is 15.7. The molecule has 0 bridgehead atoms. The van der Waals surface area contributed by atoms with Gasteiger partial charge >= 0.3 is 0 Å². The highest BCUT2D eigenvalue weighted by atomic mass is 16.5. The first-order valence-corrected chi connectivity index (χ1v) is 9.15. The van der Waals surface area contributed by atoms with Gasteiger partial charge in [-0.15, -0.1) is 0 Å². The second-order valence-electron chi connectivity index (χ2n) is 5.96. The minimum absolute atomic E-state index is 0.240. The van der Waals surface area contributed by atoms with E-state index in [1.54, 1.807) is 31.4 Å². The molecule has 1 fully saturated rings. The fourth-order valence-corrected chi connectivity index (χ4v) is 2.67. The van der Waals surface area contributed by atoms with Crippen LogP contribution in [-0.4, -0.2) is 69.9 Å². The Labute approximate surface area is 155 Å². The van der Waals surface area contributed by atoms with Crippen LogP contribution in [0.4, 0.5) is 0 Å². The Kier molecular flexibility index (Phi) is 8.92. The third-order valence-electron chi connectivity index (χ3n) is 4.11. The van der Waals surface area contributed by atoms with Gasteiger partial charge in [-0.2, -0.15) is 0 Å².